The van der Waals surface area contributed by atoms with Gasteiger partial charge in [0.05, 0.1) is 0 Å². The first-order valence-corrected chi connectivity index (χ1v) is 7.43. The Balaban J connectivity index is 2.24. The van der Waals surface area contributed by atoms with E-state index in [2.05, 4.69) is 0 Å². The summed E-state index contributed by atoms with van der Waals surface area (Å²) >= 11 is 0. The molecule has 0 bridgehead atoms. The fourth-order valence-corrected chi connectivity index (χ4v) is 3.33. The smallest absolute Gasteiger partial charge is 0.301 e. The molecular formula is C14H12O5S. The largest absolute Gasteiger partial charge is 0.506 e. The summed E-state index contributed by atoms with van der Waals surface area (Å²) in [5.74, 6) is -1.21. The van der Waals surface area contributed by atoms with Crippen molar-refractivity contribution in [2.45, 2.75) is 17.7 Å². The molecule has 0 spiro atoms. The molecule has 0 heterocycles. The van der Waals surface area contributed by atoms with Crippen LogP contribution in [-0.4, -0.2) is 23.2 Å². The molecule has 0 fully saturated rings. The maximum atomic E-state index is 11.2. The van der Waals surface area contributed by atoms with Gasteiger partial charge in [-0.15, -0.1) is 0 Å². The molecule has 0 amide bonds. The molecule has 0 saturated heterocycles. The molecule has 6 heteroatoms. The Bertz CT molecular complexity index is 809. The van der Waals surface area contributed by atoms with Crippen LogP contribution in [0.1, 0.15) is 22.3 Å². The SMILES string of the molecule is O=S(=O)(O)c1c(O)cc2c(c1O)Cc1ccccc1C2. The number of rotatable bonds is 1. The van der Waals surface area contributed by atoms with Crippen LogP contribution in [-0.2, 0) is 23.0 Å². The van der Waals surface area contributed by atoms with Gasteiger partial charge >= 0.3 is 10.1 Å². The van der Waals surface area contributed by atoms with E-state index in [0.717, 1.165) is 11.1 Å². The van der Waals surface area contributed by atoms with Crippen LogP contribution >= 0.6 is 0 Å². The van der Waals surface area contributed by atoms with E-state index in [0.29, 0.717) is 24.0 Å². The fraction of sp³-hybridized carbons (Fsp3) is 0.143. The molecule has 20 heavy (non-hydrogen) atoms. The van der Waals surface area contributed by atoms with Crippen LogP contribution in [0, 0.1) is 0 Å². The highest BCUT2D eigenvalue weighted by atomic mass is 32.2. The van der Waals surface area contributed by atoms with Crippen molar-refractivity contribution >= 4 is 10.1 Å². The first-order chi connectivity index (χ1) is 9.38. The maximum absolute atomic E-state index is 11.2. The second-order valence-electron chi connectivity index (χ2n) is 4.81. The van der Waals surface area contributed by atoms with Gasteiger partial charge in [0, 0.05) is 12.0 Å². The first-order valence-electron chi connectivity index (χ1n) is 5.99. The Morgan fingerprint density at radius 1 is 0.950 bits per heavy atom. The van der Waals surface area contributed by atoms with Crippen LogP contribution in [0.4, 0.5) is 0 Å². The van der Waals surface area contributed by atoms with Gasteiger partial charge in [-0.2, -0.15) is 8.42 Å². The molecule has 0 saturated carbocycles. The van der Waals surface area contributed by atoms with Gasteiger partial charge in [0.25, 0.3) is 0 Å². The molecule has 2 aromatic carbocycles. The molecule has 5 nitrogen and oxygen atoms in total. The molecule has 0 atom stereocenters. The molecule has 3 rings (SSSR count). The summed E-state index contributed by atoms with van der Waals surface area (Å²) in [6, 6.07) is 8.90. The Hall–Kier alpha value is -2.05. The van der Waals surface area contributed by atoms with E-state index >= 15 is 0 Å². The van der Waals surface area contributed by atoms with Gasteiger partial charge in [-0.25, -0.2) is 0 Å². The molecule has 104 valence electrons. The van der Waals surface area contributed by atoms with E-state index in [1.165, 1.54) is 6.07 Å². The number of hydrogen-bond acceptors (Lipinski definition) is 4. The van der Waals surface area contributed by atoms with Crippen LogP contribution < -0.4 is 0 Å². The summed E-state index contributed by atoms with van der Waals surface area (Å²) in [7, 11) is -4.68. The van der Waals surface area contributed by atoms with Gasteiger partial charge in [0.15, 0.2) is 4.90 Å². The molecule has 0 radical (unpaired) electrons. The normalized spacial score (nSPS) is 13.7. The first kappa shape index (κ1) is 13.0. The number of phenolic OH excluding ortho intramolecular Hbond substituents is 2. The summed E-state index contributed by atoms with van der Waals surface area (Å²) in [4.78, 5) is -0.823. The van der Waals surface area contributed by atoms with Crippen LogP contribution in [0.25, 0.3) is 0 Å². The van der Waals surface area contributed by atoms with E-state index < -0.39 is 26.5 Å². The summed E-state index contributed by atoms with van der Waals surface area (Å²) < 4.78 is 31.6. The highest BCUT2D eigenvalue weighted by Gasteiger charge is 2.28. The number of hydrogen-bond donors (Lipinski definition) is 3. The quantitative estimate of drug-likeness (QED) is 0.595. The lowest BCUT2D eigenvalue weighted by molar-refractivity contribution is 0.406. The van der Waals surface area contributed by atoms with Gasteiger partial charge in [-0.05, 0) is 29.2 Å². The highest BCUT2D eigenvalue weighted by molar-refractivity contribution is 7.86. The van der Waals surface area contributed by atoms with E-state index in [1.807, 2.05) is 24.3 Å². The predicted octanol–water partition coefficient (Wildman–Crippen LogP) is 1.84. The van der Waals surface area contributed by atoms with Crippen LogP contribution in [0.3, 0.4) is 0 Å². The molecule has 1 aliphatic rings. The van der Waals surface area contributed by atoms with Crippen molar-refractivity contribution in [3.8, 4) is 11.5 Å². The lowest BCUT2D eigenvalue weighted by Crippen LogP contribution is -2.10. The zero-order chi connectivity index (χ0) is 14.5. The Labute approximate surface area is 115 Å². The van der Waals surface area contributed by atoms with Crippen molar-refractivity contribution < 1.29 is 23.2 Å². The zero-order valence-corrected chi connectivity index (χ0v) is 11.2. The van der Waals surface area contributed by atoms with E-state index in [1.54, 1.807) is 0 Å². The minimum atomic E-state index is -4.68. The number of phenols is 2. The minimum Gasteiger partial charge on any atom is -0.506 e. The van der Waals surface area contributed by atoms with Crippen molar-refractivity contribution in [2.75, 3.05) is 0 Å². The third-order valence-corrected chi connectivity index (χ3v) is 4.47. The maximum Gasteiger partial charge on any atom is 0.301 e. The Kier molecular flexibility index (Phi) is 2.74. The van der Waals surface area contributed by atoms with Crippen molar-refractivity contribution in [1.82, 2.24) is 0 Å². The van der Waals surface area contributed by atoms with Gasteiger partial charge in [0.2, 0.25) is 0 Å². The Morgan fingerprint density at radius 2 is 1.55 bits per heavy atom. The highest BCUT2D eigenvalue weighted by Crippen LogP contribution is 2.41. The van der Waals surface area contributed by atoms with Gasteiger partial charge in [-0.3, -0.25) is 4.55 Å². The second kappa shape index (κ2) is 4.22. The Morgan fingerprint density at radius 3 is 2.15 bits per heavy atom. The van der Waals surface area contributed by atoms with Gasteiger partial charge < -0.3 is 10.2 Å². The van der Waals surface area contributed by atoms with Gasteiger partial charge in [0.1, 0.15) is 11.5 Å². The van der Waals surface area contributed by atoms with Crippen LogP contribution in [0.2, 0.25) is 0 Å². The number of fused-ring (bicyclic) bond motifs is 2. The number of aromatic hydroxyl groups is 2. The average molecular weight is 292 g/mol. The molecular weight excluding hydrogens is 280 g/mol. The zero-order valence-electron chi connectivity index (χ0n) is 10.4. The van der Waals surface area contributed by atoms with Crippen LogP contribution in [0.5, 0.6) is 11.5 Å². The third-order valence-electron chi connectivity index (χ3n) is 3.56. The van der Waals surface area contributed by atoms with Gasteiger partial charge in [-0.1, -0.05) is 24.3 Å². The molecule has 0 aliphatic heterocycles. The topological polar surface area (TPSA) is 94.8 Å². The lowest BCUT2D eigenvalue weighted by atomic mass is 9.85. The van der Waals surface area contributed by atoms with Crippen LogP contribution in [0.15, 0.2) is 35.2 Å². The summed E-state index contributed by atoms with van der Waals surface area (Å²) in [6.45, 7) is 0. The molecule has 3 N–H and O–H groups in total. The summed E-state index contributed by atoms with van der Waals surface area (Å²) in [6.07, 6.45) is 0.860. The van der Waals surface area contributed by atoms with E-state index in [9.17, 15) is 18.6 Å². The third kappa shape index (κ3) is 1.93. The average Bonchev–Trinajstić information content (AvgIpc) is 2.35. The minimum absolute atomic E-state index is 0.361. The van der Waals surface area contributed by atoms with Crippen molar-refractivity contribution in [1.29, 1.82) is 0 Å². The van der Waals surface area contributed by atoms with E-state index in [4.69, 9.17) is 4.55 Å². The predicted molar refractivity (Wildman–Crippen MR) is 71.6 cm³/mol. The summed E-state index contributed by atoms with van der Waals surface area (Å²) in [5.41, 5.74) is 3.14. The molecule has 0 unspecified atom stereocenters. The monoisotopic (exact) mass is 292 g/mol. The van der Waals surface area contributed by atoms with Crippen molar-refractivity contribution in [3.63, 3.8) is 0 Å². The molecule has 1 aliphatic carbocycles. The molecule has 0 aromatic heterocycles. The second-order valence-corrected chi connectivity index (χ2v) is 6.17. The van der Waals surface area contributed by atoms with Crippen molar-refractivity contribution in [2.24, 2.45) is 0 Å². The lowest BCUT2D eigenvalue weighted by Gasteiger charge is -2.22. The standard InChI is InChI=1S/C14H12O5S/c15-12-7-10-5-8-3-1-2-4-9(8)6-11(10)13(16)14(12)20(17,18)19/h1-4,7,15-16H,5-6H2,(H,17,18,19). The summed E-state index contributed by atoms with van der Waals surface area (Å²) in [5, 5.41) is 19.8. The van der Waals surface area contributed by atoms with E-state index in [-0.39, 0.29) is 0 Å². The number of benzene rings is 2. The van der Waals surface area contributed by atoms with Crippen molar-refractivity contribution in [3.05, 3.63) is 52.6 Å². The molecule has 2 aromatic rings. The fourth-order valence-electron chi connectivity index (χ4n) is 2.64.